The molecule has 0 radical (unpaired) electrons. The third kappa shape index (κ3) is 5.21. The lowest BCUT2D eigenvalue weighted by molar-refractivity contribution is -0.120. The minimum Gasteiger partial charge on any atom is -0.356 e. The van der Waals surface area contributed by atoms with E-state index >= 15 is 0 Å². The molecule has 3 rings (SSSR count). The lowest BCUT2D eigenvalue weighted by Crippen LogP contribution is -2.26. The van der Waals surface area contributed by atoms with Crippen LogP contribution in [0.15, 0.2) is 78.9 Å². The molecule has 0 saturated heterocycles. The van der Waals surface area contributed by atoms with Crippen molar-refractivity contribution in [3.05, 3.63) is 95.0 Å². The Morgan fingerprint density at radius 3 is 2.19 bits per heavy atom. The molecule has 0 bridgehead atoms. The van der Waals surface area contributed by atoms with Gasteiger partial charge in [0.05, 0.1) is 6.42 Å². The van der Waals surface area contributed by atoms with Crippen LogP contribution < -0.4 is 5.32 Å². The van der Waals surface area contributed by atoms with Gasteiger partial charge < -0.3 is 5.32 Å². The summed E-state index contributed by atoms with van der Waals surface area (Å²) in [7, 11) is 0. The maximum atomic E-state index is 12.1. The zero-order valence-electron chi connectivity index (χ0n) is 14.6. The van der Waals surface area contributed by atoms with Crippen molar-refractivity contribution in [3.8, 4) is 11.1 Å². The van der Waals surface area contributed by atoms with Crippen LogP contribution in [0.3, 0.4) is 0 Å². The Bertz CT molecular complexity index is 844. The van der Waals surface area contributed by atoms with Crippen molar-refractivity contribution in [3.63, 3.8) is 0 Å². The first-order valence-corrected chi connectivity index (χ1v) is 9.24. The summed E-state index contributed by atoms with van der Waals surface area (Å²) in [6, 6.07) is 26.2. The number of benzene rings is 3. The second kappa shape index (κ2) is 9.21. The summed E-state index contributed by atoms with van der Waals surface area (Å²) in [5.41, 5.74) is 4.49. The fourth-order valence-corrected chi connectivity index (χ4v) is 3.13. The molecule has 3 heteroatoms. The van der Waals surface area contributed by atoms with Crippen molar-refractivity contribution < 1.29 is 4.79 Å². The van der Waals surface area contributed by atoms with Gasteiger partial charge in [0.1, 0.15) is 0 Å². The summed E-state index contributed by atoms with van der Waals surface area (Å²) in [4.78, 5) is 12.1. The van der Waals surface area contributed by atoms with Gasteiger partial charge >= 0.3 is 0 Å². The fourth-order valence-electron chi connectivity index (χ4n) is 2.90. The molecule has 0 aliphatic carbocycles. The minimum absolute atomic E-state index is 0.0524. The molecule has 3 aromatic rings. The van der Waals surface area contributed by atoms with Crippen LogP contribution in [0.2, 0.25) is 5.02 Å². The Morgan fingerprint density at radius 1 is 0.808 bits per heavy atom. The van der Waals surface area contributed by atoms with Crippen LogP contribution in [0.1, 0.15) is 17.5 Å². The van der Waals surface area contributed by atoms with Crippen molar-refractivity contribution in [1.82, 2.24) is 5.32 Å². The van der Waals surface area contributed by atoms with E-state index in [4.69, 9.17) is 11.6 Å². The zero-order chi connectivity index (χ0) is 18.2. The lowest BCUT2D eigenvalue weighted by Gasteiger charge is -2.07. The van der Waals surface area contributed by atoms with Gasteiger partial charge in [0.15, 0.2) is 0 Å². The number of carbonyl (C=O) groups is 1. The molecule has 1 N–H and O–H groups in total. The molecule has 0 aromatic heterocycles. The molecular formula is C23H22ClNO. The molecule has 0 aliphatic rings. The van der Waals surface area contributed by atoms with Crippen LogP contribution in [-0.2, 0) is 17.6 Å². The number of hydrogen-bond donors (Lipinski definition) is 1. The largest absolute Gasteiger partial charge is 0.356 e. The van der Waals surface area contributed by atoms with Gasteiger partial charge in [-0.3, -0.25) is 4.79 Å². The van der Waals surface area contributed by atoms with Crippen molar-refractivity contribution >= 4 is 17.5 Å². The second-order valence-electron chi connectivity index (χ2n) is 6.28. The topological polar surface area (TPSA) is 29.1 Å². The Hall–Kier alpha value is -2.58. The molecule has 2 nitrogen and oxygen atoms in total. The van der Waals surface area contributed by atoms with Crippen molar-refractivity contribution in [2.45, 2.75) is 19.3 Å². The molecule has 3 aromatic carbocycles. The second-order valence-corrected chi connectivity index (χ2v) is 6.69. The number of carbonyl (C=O) groups excluding carboxylic acids is 1. The fraction of sp³-hybridized carbons (Fsp3) is 0.174. The van der Waals surface area contributed by atoms with Crippen LogP contribution in [0, 0.1) is 0 Å². The molecule has 132 valence electrons. The first-order chi connectivity index (χ1) is 12.7. The van der Waals surface area contributed by atoms with Crippen LogP contribution >= 0.6 is 11.6 Å². The summed E-state index contributed by atoms with van der Waals surface area (Å²) in [5, 5.41) is 3.77. The van der Waals surface area contributed by atoms with Crippen LogP contribution in [0.25, 0.3) is 11.1 Å². The predicted molar refractivity (Wildman–Crippen MR) is 108 cm³/mol. The molecule has 0 spiro atoms. The van der Waals surface area contributed by atoms with Gasteiger partial charge in [-0.1, -0.05) is 84.4 Å². The van der Waals surface area contributed by atoms with Gasteiger partial charge in [0.2, 0.25) is 5.91 Å². The Balaban J connectivity index is 1.44. The van der Waals surface area contributed by atoms with E-state index in [-0.39, 0.29) is 5.91 Å². The first kappa shape index (κ1) is 18.2. The van der Waals surface area contributed by atoms with Crippen molar-refractivity contribution in [2.24, 2.45) is 0 Å². The van der Waals surface area contributed by atoms with Crippen molar-refractivity contribution in [2.75, 3.05) is 6.54 Å². The van der Waals surface area contributed by atoms with Gasteiger partial charge in [-0.25, -0.2) is 0 Å². The zero-order valence-corrected chi connectivity index (χ0v) is 15.4. The van der Waals surface area contributed by atoms with Crippen LogP contribution in [0.4, 0.5) is 0 Å². The number of aryl methyl sites for hydroxylation is 1. The molecule has 0 unspecified atom stereocenters. The molecule has 0 atom stereocenters. The van der Waals surface area contributed by atoms with Gasteiger partial charge in [-0.2, -0.15) is 0 Å². The number of amides is 1. The van der Waals surface area contributed by atoms with Crippen molar-refractivity contribution in [1.29, 1.82) is 0 Å². The Labute approximate surface area is 159 Å². The van der Waals surface area contributed by atoms with E-state index in [2.05, 4.69) is 29.6 Å². The summed E-state index contributed by atoms with van der Waals surface area (Å²) in [5.74, 6) is 0.0524. The van der Waals surface area contributed by atoms with Crippen LogP contribution in [0.5, 0.6) is 0 Å². The summed E-state index contributed by atoms with van der Waals surface area (Å²) in [6.07, 6.45) is 2.15. The van der Waals surface area contributed by atoms with E-state index in [1.165, 1.54) is 5.56 Å². The van der Waals surface area contributed by atoms with Gasteiger partial charge in [-0.15, -0.1) is 0 Å². The van der Waals surface area contributed by atoms with Crippen LogP contribution in [-0.4, -0.2) is 12.5 Å². The SMILES string of the molecule is O=C(Cc1ccc(-c2ccccc2)cc1)NCCCc1ccccc1Cl. The van der Waals surface area contributed by atoms with E-state index in [1.807, 2.05) is 54.6 Å². The highest BCUT2D eigenvalue weighted by Gasteiger charge is 2.04. The maximum absolute atomic E-state index is 12.1. The van der Waals surface area contributed by atoms with Gasteiger partial charge in [-0.05, 0) is 41.2 Å². The monoisotopic (exact) mass is 363 g/mol. The smallest absolute Gasteiger partial charge is 0.224 e. The number of nitrogens with one attached hydrogen (secondary N) is 1. The van der Waals surface area contributed by atoms with E-state index in [1.54, 1.807) is 0 Å². The van der Waals surface area contributed by atoms with Gasteiger partial charge in [0, 0.05) is 11.6 Å². The highest BCUT2D eigenvalue weighted by Crippen LogP contribution is 2.19. The quantitative estimate of drug-likeness (QED) is 0.567. The van der Waals surface area contributed by atoms with Gasteiger partial charge in [0.25, 0.3) is 0 Å². The molecular weight excluding hydrogens is 342 g/mol. The van der Waals surface area contributed by atoms with E-state index in [9.17, 15) is 4.79 Å². The molecule has 0 heterocycles. The first-order valence-electron chi connectivity index (χ1n) is 8.87. The number of hydrogen-bond acceptors (Lipinski definition) is 1. The third-order valence-electron chi connectivity index (χ3n) is 4.33. The van der Waals surface area contributed by atoms with E-state index < -0.39 is 0 Å². The van der Waals surface area contributed by atoms with E-state index in [0.717, 1.165) is 34.6 Å². The molecule has 26 heavy (non-hydrogen) atoms. The standard InChI is InChI=1S/C23H22ClNO/c24-22-11-5-4-9-21(22)10-6-16-25-23(26)17-18-12-14-20(15-13-18)19-7-2-1-3-8-19/h1-5,7-9,11-15H,6,10,16-17H2,(H,25,26). The highest BCUT2D eigenvalue weighted by atomic mass is 35.5. The molecule has 0 fully saturated rings. The average Bonchev–Trinajstić information content (AvgIpc) is 2.68. The van der Waals surface area contributed by atoms with E-state index in [0.29, 0.717) is 13.0 Å². The number of rotatable bonds is 7. The molecule has 1 amide bonds. The maximum Gasteiger partial charge on any atom is 0.224 e. The molecule has 0 saturated carbocycles. The average molecular weight is 364 g/mol. The normalized spacial score (nSPS) is 10.5. The molecule has 0 aliphatic heterocycles. The lowest BCUT2D eigenvalue weighted by atomic mass is 10.0. The summed E-state index contributed by atoms with van der Waals surface area (Å²) in [6.45, 7) is 0.659. The Morgan fingerprint density at radius 2 is 1.46 bits per heavy atom. The predicted octanol–water partition coefficient (Wildman–Crippen LogP) is 5.30. The summed E-state index contributed by atoms with van der Waals surface area (Å²) < 4.78 is 0. The highest BCUT2D eigenvalue weighted by molar-refractivity contribution is 6.31. The third-order valence-corrected chi connectivity index (χ3v) is 4.70. The summed E-state index contributed by atoms with van der Waals surface area (Å²) >= 11 is 6.14. The minimum atomic E-state index is 0.0524. The Kier molecular flexibility index (Phi) is 6.45. The number of halogens is 1.